The quantitative estimate of drug-likeness (QED) is 0.724. The zero-order valence-electron chi connectivity index (χ0n) is 13.1. The van der Waals surface area contributed by atoms with E-state index in [1.807, 2.05) is 50.2 Å². The van der Waals surface area contributed by atoms with Crippen LogP contribution in [0.5, 0.6) is 0 Å². The molecule has 22 heavy (non-hydrogen) atoms. The van der Waals surface area contributed by atoms with Gasteiger partial charge in [0.15, 0.2) is 5.78 Å². The van der Waals surface area contributed by atoms with Crippen molar-refractivity contribution in [1.29, 1.82) is 0 Å². The van der Waals surface area contributed by atoms with Crippen molar-refractivity contribution in [2.45, 2.75) is 33.0 Å². The van der Waals surface area contributed by atoms with E-state index < -0.39 is 13.4 Å². The van der Waals surface area contributed by atoms with Gasteiger partial charge in [0.25, 0.3) is 0 Å². The van der Waals surface area contributed by atoms with Crippen LogP contribution in [0.25, 0.3) is 0 Å². The van der Waals surface area contributed by atoms with Crippen molar-refractivity contribution < 1.29 is 14.4 Å². The van der Waals surface area contributed by atoms with Crippen molar-refractivity contribution >= 4 is 13.3 Å². The molecule has 0 aliphatic heterocycles. The Bertz CT molecular complexity index is 692. The molecule has 0 heterocycles. The van der Waals surface area contributed by atoms with Gasteiger partial charge in [-0.1, -0.05) is 42.8 Å². The van der Waals surface area contributed by atoms with Crippen LogP contribution in [0.1, 0.15) is 35.0 Å². The summed E-state index contributed by atoms with van der Waals surface area (Å²) >= 11 is 0. The molecule has 1 atom stereocenters. The summed E-state index contributed by atoms with van der Waals surface area (Å²) in [6.07, 6.45) is 0.930. The molecule has 2 rings (SSSR count). The lowest BCUT2D eigenvalue weighted by molar-refractivity contribution is 0.363. The van der Waals surface area contributed by atoms with Gasteiger partial charge < -0.3 is 15.1 Å². The first-order chi connectivity index (χ1) is 10.3. The molecule has 0 spiro atoms. The predicted molar refractivity (Wildman–Crippen MR) is 90.1 cm³/mol. The molecule has 0 saturated heterocycles. The molecule has 0 radical (unpaired) electrons. The van der Waals surface area contributed by atoms with Gasteiger partial charge in [0.2, 0.25) is 0 Å². The van der Waals surface area contributed by atoms with Crippen molar-refractivity contribution in [3.05, 3.63) is 64.7 Å². The largest absolute Gasteiger partial charge is 0.368 e. The van der Waals surface area contributed by atoms with E-state index >= 15 is 0 Å². The summed E-state index contributed by atoms with van der Waals surface area (Å²) in [4.78, 5) is 19.5. The highest BCUT2D eigenvalue weighted by Gasteiger charge is 2.31. The Balaban J connectivity index is 2.36. The smallest absolute Gasteiger partial charge is 0.352 e. The van der Waals surface area contributed by atoms with E-state index in [2.05, 4.69) is 12.2 Å². The zero-order valence-corrected chi connectivity index (χ0v) is 14.0. The van der Waals surface area contributed by atoms with E-state index in [1.165, 1.54) is 5.56 Å². The number of rotatable bonds is 5. The molecular formula is C17H22NO3P. The first-order valence-electron chi connectivity index (χ1n) is 7.29. The third-order valence-electron chi connectivity index (χ3n) is 3.72. The van der Waals surface area contributed by atoms with Gasteiger partial charge in [-0.15, -0.1) is 0 Å². The molecule has 0 bridgehead atoms. The topological polar surface area (TPSA) is 69.6 Å². The molecule has 0 aliphatic carbocycles. The number of hydrogen-bond acceptors (Lipinski definition) is 2. The van der Waals surface area contributed by atoms with Crippen molar-refractivity contribution in [2.75, 3.05) is 5.32 Å². The molecule has 5 heteroatoms. The lowest BCUT2D eigenvalue weighted by Gasteiger charge is -2.23. The maximum atomic E-state index is 11.9. The summed E-state index contributed by atoms with van der Waals surface area (Å²) in [6, 6.07) is 13.2. The Kier molecular flexibility index (Phi) is 5.07. The fourth-order valence-electron chi connectivity index (χ4n) is 2.47. The Morgan fingerprint density at radius 3 is 2.23 bits per heavy atom. The third-order valence-corrected chi connectivity index (χ3v) is 4.80. The highest BCUT2D eigenvalue weighted by Crippen LogP contribution is 2.52. The van der Waals surface area contributed by atoms with Crippen LogP contribution in [0.2, 0.25) is 0 Å². The van der Waals surface area contributed by atoms with Crippen LogP contribution in [-0.4, -0.2) is 9.79 Å². The zero-order chi connectivity index (χ0) is 16.3. The lowest BCUT2D eigenvalue weighted by Crippen LogP contribution is -2.12. The Morgan fingerprint density at radius 2 is 1.73 bits per heavy atom. The van der Waals surface area contributed by atoms with Gasteiger partial charge in [-0.3, -0.25) is 4.57 Å². The van der Waals surface area contributed by atoms with Gasteiger partial charge in [0, 0.05) is 5.69 Å². The molecule has 2 aromatic carbocycles. The number of anilines is 1. The summed E-state index contributed by atoms with van der Waals surface area (Å²) < 4.78 is 11.9. The third kappa shape index (κ3) is 3.98. The maximum Gasteiger partial charge on any atom is 0.352 e. The number of benzene rings is 2. The maximum absolute atomic E-state index is 11.9. The van der Waals surface area contributed by atoms with Crippen LogP contribution in [-0.2, 0) is 11.0 Å². The fourth-order valence-corrected chi connectivity index (χ4v) is 3.44. The first kappa shape index (κ1) is 16.8. The van der Waals surface area contributed by atoms with Crippen LogP contribution >= 0.6 is 7.60 Å². The highest BCUT2D eigenvalue weighted by molar-refractivity contribution is 7.52. The standard InChI is InChI=1S/C17H22NO3P/c1-4-14-6-8-15(9-7-14)18-17(22(19,20)21)16-10-5-12(2)11-13(16)3/h5-11,17-18H,4H2,1-3H3,(H2,19,20,21). The summed E-state index contributed by atoms with van der Waals surface area (Å²) in [5, 5.41) is 2.98. The van der Waals surface area contributed by atoms with E-state index in [0.717, 1.165) is 17.5 Å². The highest BCUT2D eigenvalue weighted by atomic mass is 31.2. The number of hydrogen-bond donors (Lipinski definition) is 3. The molecular weight excluding hydrogens is 297 g/mol. The summed E-state index contributed by atoms with van der Waals surface area (Å²) in [7, 11) is -4.34. The molecule has 118 valence electrons. The molecule has 0 fully saturated rings. The van der Waals surface area contributed by atoms with Gasteiger partial charge in [0.1, 0.15) is 0 Å². The molecule has 0 saturated carbocycles. The van der Waals surface area contributed by atoms with Crippen molar-refractivity contribution in [3.63, 3.8) is 0 Å². The van der Waals surface area contributed by atoms with Gasteiger partial charge in [-0.05, 0) is 49.1 Å². The van der Waals surface area contributed by atoms with Gasteiger partial charge in [-0.25, -0.2) is 0 Å². The normalized spacial score (nSPS) is 13.0. The molecule has 0 amide bonds. The summed E-state index contributed by atoms with van der Waals surface area (Å²) in [5.74, 6) is -1.04. The van der Waals surface area contributed by atoms with Crippen LogP contribution in [0.15, 0.2) is 42.5 Å². The molecule has 0 aromatic heterocycles. The monoisotopic (exact) mass is 319 g/mol. The first-order valence-corrected chi connectivity index (χ1v) is 8.97. The van der Waals surface area contributed by atoms with Gasteiger partial charge in [-0.2, -0.15) is 0 Å². The Labute approximate surface area is 131 Å². The minimum atomic E-state index is -4.34. The Morgan fingerprint density at radius 1 is 1.09 bits per heavy atom. The SMILES string of the molecule is CCc1ccc(NC(c2ccc(C)cc2C)P(=O)(O)O)cc1. The Hall–Kier alpha value is -1.61. The fraction of sp³-hybridized carbons (Fsp3) is 0.294. The minimum Gasteiger partial charge on any atom is -0.368 e. The molecule has 4 nitrogen and oxygen atoms in total. The second kappa shape index (κ2) is 6.66. The van der Waals surface area contributed by atoms with E-state index in [-0.39, 0.29) is 0 Å². The lowest BCUT2D eigenvalue weighted by atomic mass is 10.1. The van der Waals surface area contributed by atoms with Crippen LogP contribution in [0.3, 0.4) is 0 Å². The van der Waals surface area contributed by atoms with Gasteiger partial charge >= 0.3 is 7.60 Å². The van der Waals surface area contributed by atoms with Gasteiger partial charge in [0.05, 0.1) is 0 Å². The van der Waals surface area contributed by atoms with E-state index in [9.17, 15) is 14.4 Å². The van der Waals surface area contributed by atoms with Crippen LogP contribution in [0, 0.1) is 13.8 Å². The minimum absolute atomic E-state index is 0.624. The van der Waals surface area contributed by atoms with Crippen molar-refractivity contribution in [2.24, 2.45) is 0 Å². The van der Waals surface area contributed by atoms with E-state index in [4.69, 9.17) is 0 Å². The van der Waals surface area contributed by atoms with E-state index in [1.54, 1.807) is 6.07 Å². The van der Waals surface area contributed by atoms with Crippen LogP contribution < -0.4 is 5.32 Å². The second-order valence-electron chi connectivity index (χ2n) is 5.55. The number of aryl methyl sites for hydroxylation is 3. The average molecular weight is 319 g/mol. The molecule has 0 aliphatic rings. The number of nitrogens with one attached hydrogen (secondary N) is 1. The van der Waals surface area contributed by atoms with Crippen molar-refractivity contribution in [3.8, 4) is 0 Å². The second-order valence-corrected chi connectivity index (χ2v) is 7.24. The van der Waals surface area contributed by atoms with Crippen molar-refractivity contribution in [1.82, 2.24) is 0 Å². The molecule has 1 unspecified atom stereocenters. The van der Waals surface area contributed by atoms with E-state index in [0.29, 0.717) is 11.3 Å². The molecule has 2 aromatic rings. The van der Waals surface area contributed by atoms with Crippen LogP contribution in [0.4, 0.5) is 5.69 Å². The molecule has 3 N–H and O–H groups in total. The average Bonchev–Trinajstić information content (AvgIpc) is 2.45. The predicted octanol–water partition coefficient (Wildman–Crippen LogP) is 4.15. The summed E-state index contributed by atoms with van der Waals surface area (Å²) in [5.41, 5.74) is 4.44. The summed E-state index contributed by atoms with van der Waals surface area (Å²) in [6.45, 7) is 5.89.